The smallest absolute Gasteiger partial charge is 0.338 e. The first-order valence-electron chi connectivity index (χ1n) is 9.70. The van der Waals surface area contributed by atoms with E-state index in [0.29, 0.717) is 24.3 Å². The molecular weight excluding hydrogens is 387 g/mol. The summed E-state index contributed by atoms with van der Waals surface area (Å²) >= 11 is 0. The second-order valence-electron chi connectivity index (χ2n) is 6.88. The summed E-state index contributed by atoms with van der Waals surface area (Å²) < 4.78 is 15.6. The van der Waals surface area contributed by atoms with Crippen LogP contribution in [0.25, 0.3) is 5.69 Å². The lowest BCUT2D eigenvalue weighted by molar-refractivity contribution is 0.0761. The van der Waals surface area contributed by atoms with Crippen LogP contribution >= 0.6 is 0 Å². The van der Waals surface area contributed by atoms with Gasteiger partial charge in [0.15, 0.2) is 0 Å². The summed E-state index contributed by atoms with van der Waals surface area (Å²) in [5.74, 6) is -1.03. The Bertz CT molecular complexity index is 1200. The summed E-state index contributed by atoms with van der Waals surface area (Å²) in [6, 6.07) is 12.7. The van der Waals surface area contributed by atoms with Crippen LogP contribution in [0.2, 0.25) is 0 Å². The van der Waals surface area contributed by atoms with Gasteiger partial charge in [0.05, 0.1) is 12.2 Å². The standard InChI is InChI=1S/C22H23FN4O3/c1-4-25(5-2)20(28)19-21(29)26(14-16-9-7-10-17(23)13-16)22(30)27(24-19)18-11-6-8-15(3)12-18/h6-13H,4-5,14H2,1-3H3. The van der Waals surface area contributed by atoms with Crippen molar-refractivity contribution in [1.29, 1.82) is 0 Å². The van der Waals surface area contributed by atoms with Gasteiger partial charge in [-0.15, -0.1) is 0 Å². The number of aryl methyl sites for hydroxylation is 1. The van der Waals surface area contributed by atoms with Crippen molar-refractivity contribution in [3.05, 3.63) is 92.0 Å². The topological polar surface area (TPSA) is 77.2 Å². The Hall–Kier alpha value is -3.55. The molecule has 0 saturated heterocycles. The molecule has 7 nitrogen and oxygen atoms in total. The van der Waals surface area contributed by atoms with Gasteiger partial charge in [-0.05, 0) is 56.2 Å². The summed E-state index contributed by atoms with van der Waals surface area (Å²) in [7, 11) is 0. The van der Waals surface area contributed by atoms with Crippen molar-refractivity contribution in [2.24, 2.45) is 0 Å². The van der Waals surface area contributed by atoms with E-state index in [9.17, 15) is 18.8 Å². The highest BCUT2D eigenvalue weighted by Crippen LogP contribution is 2.08. The summed E-state index contributed by atoms with van der Waals surface area (Å²) in [4.78, 5) is 40.6. The second kappa shape index (κ2) is 8.86. The highest BCUT2D eigenvalue weighted by atomic mass is 19.1. The first-order chi connectivity index (χ1) is 14.3. The normalized spacial score (nSPS) is 10.8. The molecule has 0 atom stereocenters. The first kappa shape index (κ1) is 21.2. The highest BCUT2D eigenvalue weighted by Gasteiger charge is 2.23. The average Bonchev–Trinajstić information content (AvgIpc) is 2.72. The van der Waals surface area contributed by atoms with Gasteiger partial charge in [-0.3, -0.25) is 14.2 Å². The molecule has 0 radical (unpaired) electrons. The molecule has 156 valence electrons. The Labute approximate surface area is 173 Å². The van der Waals surface area contributed by atoms with E-state index in [1.807, 2.05) is 13.0 Å². The summed E-state index contributed by atoms with van der Waals surface area (Å²) in [5.41, 5.74) is -0.105. The zero-order chi connectivity index (χ0) is 21.8. The van der Waals surface area contributed by atoms with Crippen LogP contribution in [0.15, 0.2) is 58.1 Å². The lowest BCUT2D eigenvalue weighted by Crippen LogP contribution is -2.46. The van der Waals surface area contributed by atoms with E-state index in [1.54, 1.807) is 38.1 Å². The monoisotopic (exact) mass is 410 g/mol. The minimum absolute atomic E-state index is 0.178. The molecule has 0 bridgehead atoms. The maximum atomic E-state index is 13.6. The lowest BCUT2D eigenvalue weighted by atomic mass is 10.2. The van der Waals surface area contributed by atoms with Gasteiger partial charge in [0.2, 0.25) is 5.69 Å². The quantitative estimate of drug-likeness (QED) is 0.625. The molecule has 0 unspecified atom stereocenters. The molecule has 30 heavy (non-hydrogen) atoms. The molecule has 3 aromatic rings. The number of carbonyl (C=O) groups excluding carboxylic acids is 1. The minimum Gasteiger partial charge on any atom is -0.338 e. The van der Waals surface area contributed by atoms with Crippen LogP contribution in [0.4, 0.5) is 4.39 Å². The van der Waals surface area contributed by atoms with E-state index >= 15 is 0 Å². The van der Waals surface area contributed by atoms with Crippen molar-refractivity contribution >= 4 is 5.91 Å². The molecule has 1 heterocycles. The summed E-state index contributed by atoms with van der Waals surface area (Å²) in [5, 5.41) is 4.13. The van der Waals surface area contributed by atoms with Gasteiger partial charge in [0, 0.05) is 13.1 Å². The molecule has 3 rings (SSSR count). The fourth-order valence-electron chi connectivity index (χ4n) is 3.19. The Balaban J connectivity index is 2.25. The van der Waals surface area contributed by atoms with E-state index in [4.69, 9.17) is 0 Å². The Morgan fingerprint density at radius 1 is 1.07 bits per heavy atom. The van der Waals surface area contributed by atoms with E-state index in [-0.39, 0.29) is 12.2 Å². The van der Waals surface area contributed by atoms with Crippen LogP contribution < -0.4 is 11.2 Å². The van der Waals surface area contributed by atoms with E-state index < -0.39 is 23.0 Å². The number of hydrogen-bond acceptors (Lipinski definition) is 4. The number of halogens is 1. The number of amides is 1. The molecule has 2 aromatic carbocycles. The third-order valence-corrected chi connectivity index (χ3v) is 4.79. The van der Waals surface area contributed by atoms with Gasteiger partial charge < -0.3 is 4.90 Å². The second-order valence-corrected chi connectivity index (χ2v) is 6.88. The number of hydrogen-bond donors (Lipinski definition) is 0. The zero-order valence-corrected chi connectivity index (χ0v) is 17.1. The summed E-state index contributed by atoms with van der Waals surface area (Å²) in [6.45, 7) is 6.06. The third kappa shape index (κ3) is 4.22. The number of carbonyl (C=O) groups is 1. The molecule has 0 saturated carbocycles. The number of aromatic nitrogens is 3. The Morgan fingerprint density at radius 3 is 2.40 bits per heavy atom. The van der Waals surface area contributed by atoms with Crippen molar-refractivity contribution in [1.82, 2.24) is 19.2 Å². The predicted octanol–water partition coefficient (Wildman–Crippen LogP) is 2.37. The lowest BCUT2D eigenvalue weighted by Gasteiger charge is -2.19. The van der Waals surface area contributed by atoms with Crippen LogP contribution in [0.5, 0.6) is 0 Å². The molecule has 0 N–H and O–H groups in total. The van der Waals surface area contributed by atoms with Crippen LogP contribution in [-0.2, 0) is 6.54 Å². The van der Waals surface area contributed by atoms with Gasteiger partial charge in [-0.25, -0.2) is 9.18 Å². The molecule has 0 spiro atoms. The van der Waals surface area contributed by atoms with Crippen LogP contribution in [0.1, 0.15) is 35.5 Å². The molecule has 0 fully saturated rings. The number of nitrogens with zero attached hydrogens (tertiary/aromatic N) is 4. The van der Waals surface area contributed by atoms with Crippen LogP contribution in [0, 0.1) is 12.7 Å². The van der Waals surface area contributed by atoms with Crippen molar-refractivity contribution in [3.63, 3.8) is 0 Å². The minimum atomic E-state index is -0.801. The van der Waals surface area contributed by atoms with Gasteiger partial charge >= 0.3 is 5.69 Å². The van der Waals surface area contributed by atoms with Crippen molar-refractivity contribution in [2.75, 3.05) is 13.1 Å². The maximum Gasteiger partial charge on any atom is 0.352 e. The predicted molar refractivity (Wildman–Crippen MR) is 112 cm³/mol. The fourth-order valence-corrected chi connectivity index (χ4v) is 3.19. The first-order valence-corrected chi connectivity index (χ1v) is 9.70. The molecule has 1 amide bonds. The van der Waals surface area contributed by atoms with E-state index in [2.05, 4.69) is 5.10 Å². The zero-order valence-electron chi connectivity index (χ0n) is 17.1. The molecule has 0 aliphatic rings. The molecule has 8 heteroatoms. The average molecular weight is 410 g/mol. The number of rotatable bonds is 6. The summed E-state index contributed by atoms with van der Waals surface area (Å²) in [6.07, 6.45) is 0. The molecule has 0 aliphatic heterocycles. The van der Waals surface area contributed by atoms with Crippen LogP contribution in [-0.4, -0.2) is 38.2 Å². The Kier molecular flexibility index (Phi) is 6.25. The fraction of sp³-hybridized carbons (Fsp3) is 0.273. The largest absolute Gasteiger partial charge is 0.352 e. The van der Waals surface area contributed by atoms with Gasteiger partial charge in [0.25, 0.3) is 11.5 Å². The van der Waals surface area contributed by atoms with Crippen molar-refractivity contribution in [2.45, 2.75) is 27.3 Å². The molecule has 1 aromatic heterocycles. The van der Waals surface area contributed by atoms with E-state index in [0.717, 1.165) is 14.8 Å². The van der Waals surface area contributed by atoms with Crippen LogP contribution in [0.3, 0.4) is 0 Å². The van der Waals surface area contributed by atoms with Crippen molar-refractivity contribution in [3.8, 4) is 5.69 Å². The number of benzene rings is 2. The SMILES string of the molecule is CCN(CC)C(=O)c1nn(-c2cccc(C)c2)c(=O)n(Cc2cccc(F)c2)c1=O. The van der Waals surface area contributed by atoms with Gasteiger partial charge in [0.1, 0.15) is 5.82 Å². The van der Waals surface area contributed by atoms with Crippen molar-refractivity contribution < 1.29 is 9.18 Å². The van der Waals surface area contributed by atoms with Gasteiger partial charge in [-0.1, -0.05) is 24.3 Å². The highest BCUT2D eigenvalue weighted by molar-refractivity contribution is 5.91. The molecular formula is C22H23FN4O3. The van der Waals surface area contributed by atoms with E-state index in [1.165, 1.54) is 23.1 Å². The van der Waals surface area contributed by atoms with Gasteiger partial charge in [-0.2, -0.15) is 9.78 Å². The maximum absolute atomic E-state index is 13.6. The third-order valence-electron chi connectivity index (χ3n) is 4.79. The molecule has 0 aliphatic carbocycles. The Morgan fingerprint density at radius 2 is 1.77 bits per heavy atom.